The number of alkyl halides is 3. The Bertz CT molecular complexity index is 690. The fraction of sp³-hybridized carbons (Fsp3) is 0.0909. The standard InChI is InChI=1S/C11H5ClF3NO2S/c12-9-8(5-17)19-10(18)16(9)7-3-1-2-6(4-7)11(13,14)15/h1-5H. The SMILES string of the molecule is O=Cc1sc(=O)n(-c2cccc(C(F)(F)F)c2)c1Cl. The van der Waals surface area contributed by atoms with E-state index < -0.39 is 16.6 Å². The molecular weight excluding hydrogens is 303 g/mol. The van der Waals surface area contributed by atoms with Crippen LogP contribution in [0.3, 0.4) is 0 Å². The largest absolute Gasteiger partial charge is 0.416 e. The smallest absolute Gasteiger partial charge is 0.297 e. The number of thiazole rings is 1. The van der Waals surface area contributed by atoms with Gasteiger partial charge in [-0.15, -0.1) is 0 Å². The van der Waals surface area contributed by atoms with E-state index in [1.54, 1.807) is 0 Å². The minimum atomic E-state index is -4.52. The Balaban J connectivity index is 2.63. The lowest BCUT2D eigenvalue weighted by atomic mass is 10.2. The van der Waals surface area contributed by atoms with Crippen LogP contribution in [0.5, 0.6) is 0 Å². The number of benzene rings is 1. The molecule has 0 aliphatic rings. The Morgan fingerprint density at radius 3 is 2.53 bits per heavy atom. The molecule has 0 radical (unpaired) electrons. The molecule has 0 fully saturated rings. The van der Waals surface area contributed by atoms with E-state index in [-0.39, 0.29) is 15.7 Å². The van der Waals surface area contributed by atoms with Crippen molar-refractivity contribution in [3.63, 3.8) is 0 Å². The van der Waals surface area contributed by atoms with Gasteiger partial charge in [0.05, 0.1) is 11.3 Å². The molecule has 0 spiro atoms. The molecule has 1 aromatic carbocycles. The van der Waals surface area contributed by atoms with Crippen molar-refractivity contribution in [3.05, 3.63) is 49.5 Å². The van der Waals surface area contributed by atoms with Crippen molar-refractivity contribution in [1.82, 2.24) is 4.57 Å². The number of halogens is 4. The van der Waals surface area contributed by atoms with Crippen molar-refractivity contribution in [2.45, 2.75) is 6.18 Å². The molecule has 0 unspecified atom stereocenters. The average Bonchev–Trinajstić information content (AvgIpc) is 2.63. The van der Waals surface area contributed by atoms with Crippen LogP contribution in [-0.2, 0) is 6.18 Å². The third kappa shape index (κ3) is 2.57. The van der Waals surface area contributed by atoms with Gasteiger partial charge in [-0.3, -0.25) is 14.2 Å². The topological polar surface area (TPSA) is 39.1 Å². The van der Waals surface area contributed by atoms with Crippen molar-refractivity contribution >= 4 is 29.2 Å². The summed E-state index contributed by atoms with van der Waals surface area (Å²) in [7, 11) is 0. The lowest BCUT2D eigenvalue weighted by molar-refractivity contribution is -0.137. The van der Waals surface area contributed by atoms with Gasteiger partial charge in [0.25, 0.3) is 0 Å². The van der Waals surface area contributed by atoms with Crippen molar-refractivity contribution in [1.29, 1.82) is 0 Å². The summed E-state index contributed by atoms with van der Waals surface area (Å²) in [6, 6.07) is 4.16. The van der Waals surface area contributed by atoms with Gasteiger partial charge >= 0.3 is 11.0 Å². The lowest BCUT2D eigenvalue weighted by Crippen LogP contribution is -2.12. The Kier molecular flexibility index (Phi) is 3.51. The Morgan fingerprint density at radius 2 is 2.00 bits per heavy atom. The molecule has 2 rings (SSSR count). The second kappa shape index (κ2) is 4.82. The maximum atomic E-state index is 12.6. The molecular formula is C11H5ClF3NO2S. The number of carbonyl (C=O) groups is 1. The quantitative estimate of drug-likeness (QED) is 0.798. The monoisotopic (exact) mass is 307 g/mol. The number of aromatic nitrogens is 1. The number of aldehydes is 1. The van der Waals surface area contributed by atoms with E-state index in [2.05, 4.69) is 0 Å². The van der Waals surface area contributed by atoms with E-state index in [4.69, 9.17) is 11.6 Å². The van der Waals surface area contributed by atoms with Gasteiger partial charge in [-0.2, -0.15) is 13.2 Å². The van der Waals surface area contributed by atoms with Gasteiger partial charge < -0.3 is 0 Å². The Morgan fingerprint density at radius 1 is 1.32 bits per heavy atom. The first-order valence-electron chi connectivity index (χ1n) is 4.88. The number of hydrogen-bond donors (Lipinski definition) is 0. The molecule has 3 nitrogen and oxygen atoms in total. The zero-order valence-corrected chi connectivity index (χ0v) is 10.6. The lowest BCUT2D eigenvalue weighted by Gasteiger charge is -2.09. The maximum Gasteiger partial charge on any atom is 0.416 e. The normalized spacial score (nSPS) is 11.6. The predicted molar refractivity (Wildman–Crippen MR) is 65.3 cm³/mol. The van der Waals surface area contributed by atoms with Crippen LogP contribution in [0.2, 0.25) is 5.15 Å². The number of hydrogen-bond acceptors (Lipinski definition) is 3. The van der Waals surface area contributed by atoms with Crippen molar-refractivity contribution < 1.29 is 18.0 Å². The molecule has 0 N–H and O–H groups in total. The number of carbonyl (C=O) groups excluding carboxylic acids is 1. The van der Waals surface area contributed by atoms with Crippen LogP contribution in [0.25, 0.3) is 5.69 Å². The maximum absolute atomic E-state index is 12.6. The molecule has 0 bridgehead atoms. The molecule has 1 heterocycles. The van der Waals surface area contributed by atoms with Gasteiger partial charge in [-0.05, 0) is 18.2 Å². The van der Waals surface area contributed by atoms with Gasteiger partial charge in [-0.1, -0.05) is 29.0 Å². The molecule has 0 aliphatic heterocycles. The minimum absolute atomic E-state index is 0.0240. The highest BCUT2D eigenvalue weighted by Crippen LogP contribution is 2.31. The Hall–Kier alpha value is -1.60. The summed E-state index contributed by atoms with van der Waals surface area (Å²) in [5, 5.41) is -0.190. The van der Waals surface area contributed by atoms with Gasteiger partial charge in [-0.25, -0.2) is 0 Å². The summed E-state index contributed by atoms with van der Waals surface area (Å²) < 4.78 is 38.6. The van der Waals surface area contributed by atoms with E-state index in [9.17, 15) is 22.8 Å². The zero-order valence-electron chi connectivity index (χ0n) is 9.07. The summed E-state index contributed by atoms with van der Waals surface area (Å²) in [5.41, 5.74) is -0.930. The highest BCUT2D eigenvalue weighted by molar-refractivity contribution is 7.11. The van der Waals surface area contributed by atoms with E-state index in [1.807, 2.05) is 0 Å². The molecule has 1 aromatic heterocycles. The van der Waals surface area contributed by atoms with Crippen LogP contribution < -0.4 is 4.87 Å². The fourth-order valence-corrected chi connectivity index (χ4v) is 2.57. The van der Waals surface area contributed by atoms with Crippen molar-refractivity contribution in [3.8, 4) is 5.69 Å². The first kappa shape index (κ1) is 13.8. The molecule has 0 atom stereocenters. The van der Waals surface area contributed by atoms with E-state index in [1.165, 1.54) is 12.1 Å². The highest BCUT2D eigenvalue weighted by Gasteiger charge is 2.30. The van der Waals surface area contributed by atoms with E-state index in [0.717, 1.165) is 16.7 Å². The van der Waals surface area contributed by atoms with Crippen LogP contribution in [0.4, 0.5) is 13.2 Å². The van der Waals surface area contributed by atoms with Gasteiger partial charge in [0.2, 0.25) is 0 Å². The first-order chi connectivity index (χ1) is 8.84. The van der Waals surface area contributed by atoms with E-state index in [0.29, 0.717) is 17.6 Å². The molecule has 0 amide bonds. The molecule has 0 aliphatic carbocycles. The average molecular weight is 308 g/mol. The summed E-state index contributed by atoms with van der Waals surface area (Å²) in [5.74, 6) is 0. The molecule has 100 valence electrons. The first-order valence-corrected chi connectivity index (χ1v) is 6.08. The number of nitrogens with zero attached hydrogens (tertiary/aromatic N) is 1. The minimum Gasteiger partial charge on any atom is -0.297 e. The third-order valence-electron chi connectivity index (χ3n) is 2.32. The van der Waals surface area contributed by atoms with Gasteiger partial charge in [0.15, 0.2) is 6.29 Å². The third-order valence-corrected chi connectivity index (χ3v) is 3.67. The summed E-state index contributed by atoms with van der Waals surface area (Å²) in [6.07, 6.45) is -4.13. The zero-order chi connectivity index (χ0) is 14.2. The van der Waals surface area contributed by atoms with Crippen molar-refractivity contribution in [2.75, 3.05) is 0 Å². The second-order valence-corrected chi connectivity index (χ2v) is 4.88. The van der Waals surface area contributed by atoms with Gasteiger partial charge in [0, 0.05) is 0 Å². The van der Waals surface area contributed by atoms with Crippen LogP contribution in [0, 0.1) is 0 Å². The molecule has 8 heteroatoms. The molecule has 19 heavy (non-hydrogen) atoms. The van der Waals surface area contributed by atoms with E-state index >= 15 is 0 Å². The summed E-state index contributed by atoms with van der Waals surface area (Å²) in [6.45, 7) is 0. The predicted octanol–water partition coefficient (Wildman–Crippen LogP) is 3.38. The summed E-state index contributed by atoms with van der Waals surface area (Å²) in [4.78, 5) is 21.6. The van der Waals surface area contributed by atoms with Crippen molar-refractivity contribution in [2.24, 2.45) is 0 Å². The van der Waals surface area contributed by atoms with Crippen LogP contribution in [0.1, 0.15) is 15.2 Å². The Labute approximate surface area is 113 Å². The summed E-state index contributed by atoms with van der Waals surface area (Å²) >= 11 is 6.37. The number of rotatable bonds is 2. The molecule has 2 aromatic rings. The van der Waals surface area contributed by atoms with Gasteiger partial charge in [0.1, 0.15) is 10.0 Å². The highest BCUT2D eigenvalue weighted by atomic mass is 35.5. The van der Waals surface area contributed by atoms with Crippen LogP contribution >= 0.6 is 22.9 Å². The molecule has 0 saturated heterocycles. The van der Waals surface area contributed by atoms with Crippen LogP contribution in [0.15, 0.2) is 29.1 Å². The fourth-order valence-electron chi connectivity index (χ4n) is 1.48. The second-order valence-electron chi connectivity index (χ2n) is 3.52. The van der Waals surface area contributed by atoms with Crippen LogP contribution in [-0.4, -0.2) is 10.9 Å². The molecule has 0 saturated carbocycles.